The van der Waals surface area contributed by atoms with Gasteiger partial charge in [-0.2, -0.15) is 0 Å². The molecule has 6 heteroatoms. The van der Waals surface area contributed by atoms with Crippen molar-refractivity contribution in [3.05, 3.63) is 66.1 Å². The van der Waals surface area contributed by atoms with Crippen molar-refractivity contribution in [2.45, 2.75) is 31.5 Å². The fourth-order valence-corrected chi connectivity index (χ4v) is 3.74. The van der Waals surface area contributed by atoms with E-state index in [9.17, 15) is 9.90 Å². The summed E-state index contributed by atoms with van der Waals surface area (Å²) >= 11 is 0. The molecule has 3 N–H and O–H groups in total. The van der Waals surface area contributed by atoms with Gasteiger partial charge in [-0.05, 0) is 30.2 Å². The van der Waals surface area contributed by atoms with Gasteiger partial charge in [-0.1, -0.05) is 24.3 Å². The molecule has 1 aliphatic heterocycles. The van der Waals surface area contributed by atoms with E-state index < -0.39 is 6.10 Å². The topological polar surface area (TPSA) is 81.2 Å². The number of hydrogen-bond acceptors (Lipinski definition) is 4. The smallest absolute Gasteiger partial charge is 0.224 e. The minimum absolute atomic E-state index is 0.0537. The first kappa shape index (κ1) is 17.7. The summed E-state index contributed by atoms with van der Waals surface area (Å²) in [5.41, 5.74) is 3.00. The third-order valence-electron chi connectivity index (χ3n) is 5.15. The molecule has 1 fully saturated rings. The van der Waals surface area contributed by atoms with Crippen molar-refractivity contribution in [1.29, 1.82) is 0 Å². The molecule has 1 aromatic carbocycles. The Kier molecular flexibility index (Phi) is 5.18. The second-order valence-electron chi connectivity index (χ2n) is 7.12. The number of nitrogens with one attached hydrogen (secondary N) is 2. The second-order valence-corrected chi connectivity index (χ2v) is 7.12. The summed E-state index contributed by atoms with van der Waals surface area (Å²) in [7, 11) is 0. The van der Waals surface area contributed by atoms with Crippen molar-refractivity contribution in [3.8, 4) is 0 Å². The molecule has 0 spiro atoms. The molecule has 1 aliphatic rings. The number of aliphatic hydroxyl groups excluding tert-OH is 1. The zero-order chi connectivity index (χ0) is 18.6. The number of likely N-dealkylation sites (tertiary alicyclic amines) is 1. The Balaban J connectivity index is 1.31. The maximum atomic E-state index is 12.5. The van der Waals surface area contributed by atoms with Gasteiger partial charge in [0.1, 0.15) is 0 Å². The van der Waals surface area contributed by atoms with Crippen molar-refractivity contribution in [3.63, 3.8) is 0 Å². The normalized spacial score (nSPS) is 20.6. The van der Waals surface area contributed by atoms with Gasteiger partial charge < -0.3 is 15.4 Å². The second kappa shape index (κ2) is 7.90. The molecule has 0 aliphatic carbocycles. The molecule has 27 heavy (non-hydrogen) atoms. The van der Waals surface area contributed by atoms with Crippen LogP contribution < -0.4 is 5.32 Å². The highest BCUT2D eigenvalue weighted by Gasteiger charge is 2.29. The van der Waals surface area contributed by atoms with Gasteiger partial charge in [-0.25, -0.2) is 0 Å². The number of pyridine rings is 1. The van der Waals surface area contributed by atoms with E-state index in [0.717, 1.165) is 35.1 Å². The molecule has 2 aromatic heterocycles. The van der Waals surface area contributed by atoms with Crippen LogP contribution in [0.15, 0.2) is 54.9 Å². The van der Waals surface area contributed by atoms with Crippen LogP contribution in [0.3, 0.4) is 0 Å². The Hall–Kier alpha value is -2.70. The summed E-state index contributed by atoms with van der Waals surface area (Å²) in [6, 6.07) is 13.6. The minimum atomic E-state index is -0.575. The molecule has 0 radical (unpaired) electrons. The van der Waals surface area contributed by atoms with Crippen molar-refractivity contribution in [2.24, 2.45) is 0 Å². The number of amides is 1. The number of aromatic nitrogens is 2. The first-order valence-electron chi connectivity index (χ1n) is 9.34. The van der Waals surface area contributed by atoms with E-state index in [-0.39, 0.29) is 11.9 Å². The Bertz CT molecular complexity index is 909. The molecule has 140 valence electrons. The molecule has 3 heterocycles. The number of β-amino-alcohol motifs (C(OH)–C–C–N with tert-alkyl or cyclic N) is 1. The largest absolute Gasteiger partial charge is 0.390 e. The van der Waals surface area contributed by atoms with E-state index in [2.05, 4.69) is 20.2 Å². The molecular weight excluding hydrogens is 340 g/mol. The number of carbonyl (C=O) groups is 1. The number of para-hydroxylation sites is 1. The maximum Gasteiger partial charge on any atom is 0.224 e. The first-order valence-corrected chi connectivity index (χ1v) is 9.34. The molecule has 4 rings (SSSR count). The highest BCUT2D eigenvalue weighted by atomic mass is 16.3. The molecule has 1 saturated heterocycles. The van der Waals surface area contributed by atoms with E-state index in [0.29, 0.717) is 19.5 Å². The molecule has 3 aromatic rings. The van der Waals surface area contributed by atoms with Crippen molar-refractivity contribution < 1.29 is 9.90 Å². The lowest BCUT2D eigenvalue weighted by molar-refractivity contribution is -0.122. The van der Waals surface area contributed by atoms with Crippen molar-refractivity contribution >= 4 is 16.8 Å². The molecular formula is C21H24N4O2. The standard InChI is InChI=1S/C21H24N4O2/c26-20-14-25(13-16-5-3-4-9-22-16)10-8-19(20)24-21(27)11-15-12-23-18-7-2-1-6-17(15)18/h1-7,9,12,19-20,23,26H,8,10-11,13-14H2,(H,24,27)/t19-,20-/m1/s1. The van der Waals surface area contributed by atoms with Gasteiger partial charge >= 0.3 is 0 Å². The van der Waals surface area contributed by atoms with Crippen LogP contribution in [0.25, 0.3) is 10.9 Å². The summed E-state index contributed by atoms with van der Waals surface area (Å²) in [6.45, 7) is 2.08. The van der Waals surface area contributed by atoms with Gasteiger partial charge in [0.2, 0.25) is 5.91 Å². The van der Waals surface area contributed by atoms with Crippen LogP contribution in [0.1, 0.15) is 17.7 Å². The van der Waals surface area contributed by atoms with Gasteiger partial charge in [-0.3, -0.25) is 14.7 Å². The predicted octanol–water partition coefficient (Wildman–Crippen LogP) is 1.86. The Morgan fingerprint density at radius 1 is 1.26 bits per heavy atom. The number of fused-ring (bicyclic) bond motifs is 1. The lowest BCUT2D eigenvalue weighted by Gasteiger charge is -2.36. The number of rotatable bonds is 5. The number of piperidine rings is 1. The van der Waals surface area contributed by atoms with Gasteiger partial charge in [0.15, 0.2) is 0 Å². The number of H-pyrrole nitrogens is 1. The van der Waals surface area contributed by atoms with Crippen LogP contribution in [-0.4, -0.2) is 51.1 Å². The summed E-state index contributed by atoms with van der Waals surface area (Å²) in [5.74, 6) is -0.0537. The Morgan fingerprint density at radius 3 is 2.93 bits per heavy atom. The maximum absolute atomic E-state index is 12.5. The molecule has 0 saturated carbocycles. The number of aliphatic hydroxyl groups is 1. The van der Waals surface area contributed by atoms with Gasteiger partial charge in [0, 0.05) is 42.9 Å². The average molecular weight is 364 g/mol. The highest BCUT2D eigenvalue weighted by molar-refractivity contribution is 5.88. The number of carbonyl (C=O) groups excluding carboxylic acids is 1. The predicted molar refractivity (Wildman–Crippen MR) is 104 cm³/mol. The van der Waals surface area contributed by atoms with Gasteiger partial charge in [0.25, 0.3) is 0 Å². The fourth-order valence-electron chi connectivity index (χ4n) is 3.74. The fraction of sp³-hybridized carbons (Fsp3) is 0.333. The molecule has 1 amide bonds. The number of nitrogens with zero attached hydrogens (tertiary/aromatic N) is 2. The third-order valence-corrected chi connectivity index (χ3v) is 5.15. The first-order chi connectivity index (χ1) is 13.2. The number of aromatic amines is 1. The lowest BCUT2D eigenvalue weighted by atomic mass is 10.0. The van der Waals surface area contributed by atoms with Gasteiger partial charge in [-0.15, -0.1) is 0 Å². The monoisotopic (exact) mass is 364 g/mol. The quantitative estimate of drug-likeness (QED) is 0.645. The summed E-state index contributed by atoms with van der Waals surface area (Å²) in [6.07, 6.45) is 4.13. The summed E-state index contributed by atoms with van der Waals surface area (Å²) in [5, 5.41) is 14.6. The lowest BCUT2D eigenvalue weighted by Crippen LogP contribution is -2.54. The highest BCUT2D eigenvalue weighted by Crippen LogP contribution is 2.19. The van der Waals surface area contributed by atoms with E-state index in [4.69, 9.17) is 0 Å². The van der Waals surface area contributed by atoms with Crippen molar-refractivity contribution in [2.75, 3.05) is 13.1 Å². The van der Waals surface area contributed by atoms with E-state index >= 15 is 0 Å². The molecule has 2 atom stereocenters. The third kappa shape index (κ3) is 4.18. The van der Waals surface area contributed by atoms with Crippen LogP contribution in [-0.2, 0) is 17.8 Å². The van der Waals surface area contributed by atoms with E-state index in [1.165, 1.54) is 0 Å². The van der Waals surface area contributed by atoms with Crippen LogP contribution in [0.5, 0.6) is 0 Å². The Labute approximate surface area is 158 Å². The minimum Gasteiger partial charge on any atom is -0.390 e. The van der Waals surface area contributed by atoms with Crippen LogP contribution in [0, 0.1) is 0 Å². The number of benzene rings is 1. The zero-order valence-electron chi connectivity index (χ0n) is 15.1. The van der Waals surface area contributed by atoms with Crippen LogP contribution in [0.2, 0.25) is 0 Å². The van der Waals surface area contributed by atoms with Crippen LogP contribution >= 0.6 is 0 Å². The van der Waals surface area contributed by atoms with Gasteiger partial charge in [0.05, 0.1) is 24.3 Å². The molecule has 0 bridgehead atoms. The van der Waals surface area contributed by atoms with Crippen LogP contribution in [0.4, 0.5) is 0 Å². The summed E-state index contributed by atoms with van der Waals surface area (Å²) in [4.78, 5) is 22.2. The van der Waals surface area contributed by atoms with E-state index in [1.54, 1.807) is 6.20 Å². The summed E-state index contributed by atoms with van der Waals surface area (Å²) < 4.78 is 0. The zero-order valence-corrected chi connectivity index (χ0v) is 15.1. The van der Waals surface area contributed by atoms with E-state index in [1.807, 2.05) is 48.7 Å². The van der Waals surface area contributed by atoms with Crippen molar-refractivity contribution in [1.82, 2.24) is 20.2 Å². The SMILES string of the molecule is O=C(Cc1c[nH]c2ccccc12)N[C@@H]1CCN(Cc2ccccn2)C[C@H]1O. The molecule has 0 unspecified atom stereocenters. The molecule has 6 nitrogen and oxygen atoms in total. The number of hydrogen-bond donors (Lipinski definition) is 3. The Morgan fingerprint density at radius 2 is 2.11 bits per heavy atom. The average Bonchev–Trinajstić information content (AvgIpc) is 3.08.